The van der Waals surface area contributed by atoms with Gasteiger partial charge in [0.25, 0.3) is 5.69 Å². The highest BCUT2D eigenvalue weighted by molar-refractivity contribution is 5.69. The first-order chi connectivity index (χ1) is 9.16. The molecule has 0 saturated carbocycles. The summed E-state index contributed by atoms with van der Waals surface area (Å²) in [6.45, 7) is 0.725. The van der Waals surface area contributed by atoms with Crippen LogP contribution in [0.4, 0.5) is 17.1 Å². The van der Waals surface area contributed by atoms with Gasteiger partial charge in [0.2, 0.25) is 0 Å². The van der Waals surface area contributed by atoms with E-state index in [4.69, 9.17) is 5.73 Å². The Morgan fingerprint density at radius 3 is 2.95 bits per heavy atom. The van der Waals surface area contributed by atoms with Crippen LogP contribution < -0.4 is 11.1 Å². The summed E-state index contributed by atoms with van der Waals surface area (Å²) in [5.74, 6) is 0.943. The minimum absolute atomic E-state index is 0.00126. The van der Waals surface area contributed by atoms with Gasteiger partial charge in [0.05, 0.1) is 16.3 Å². The van der Waals surface area contributed by atoms with E-state index in [0.717, 1.165) is 25.2 Å². The number of nitro groups is 1. The molecule has 0 radical (unpaired) electrons. The van der Waals surface area contributed by atoms with Gasteiger partial charge < -0.3 is 16.0 Å². The van der Waals surface area contributed by atoms with Crippen LogP contribution in [0.1, 0.15) is 12.2 Å². The summed E-state index contributed by atoms with van der Waals surface area (Å²) in [4.78, 5) is 17.3. The van der Waals surface area contributed by atoms with Gasteiger partial charge in [0, 0.05) is 37.5 Å². The number of nitrogen functional groups attached to an aromatic ring is 1. The second-order valence-corrected chi connectivity index (χ2v) is 4.09. The number of nitrogens with one attached hydrogen (secondary N) is 2. The van der Waals surface area contributed by atoms with Gasteiger partial charge in [0.15, 0.2) is 0 Å². The first-order valence-electron chi connectivity index (χ1n) is 5.93. The lowest BCUT2D eigenvalue weighted by Gasteiger charge is -2.08. The second kappa shape index (κ2) is 5.85. The summed E-state index contributed by atoms with van der Waals surface area (Å²) in [5.41, 5.74) is 6.84. The Morgan fingerprint density at radius 1 is 1.47 bits per heavy atom. The van der Waals surface area contributed by atoms with Gasteiger partial charge in [-0.05, 0) is 12.5 Å². The SMILES string of the molecule is Nc1cc([N+](=O)[O-])ccc1NCCCc1ncc[nH]1. The van der Waals surface area contributed by atoms with Gasteiger partial charge >= 0.3 is 0 Å². The molecule has 2 rings (SSSR count). The van der Waals surface area contributed by atoms with Crippen molar-refractivity contribution in [1.29, 1.82) is 0 Å². The molecule has 0 aliphatic carbocycles. The van der Waals surface area contributed by atoms with E-state index in [1.165, 1.54) is 12.1 Å². The predicted octanol–water partition coefficient (Wildman–Crippen LogP) is 1.94. The molecule has 0 amide bonds. The third-order valence-electron chi connectivity index (χ3n) is 2.71. The van der Waals surface area contributed by atoms with Crippen molar-refractivity contribution in [3.05, 3.63) is 46.5 Å². The summed E-state index contributed by atoms with van der Waals surface area (Å²) in [5, 5.41) is 13.7. The maximum absolute atomic E-state index is 10.6. The summed E-state index contributed by atoms with van der Waals surface area (Å²) < 4.78 is 0. The van der Waals surface area contributed by atoms with Crippen LogP contribution in [0, 0.1) is 10.1 Å². The van der Waals surface area contributed by atoms with Gasteiger partial charge in [-0.1, -0.05) is 0 Å². The number of benzene rings is 1. The number of hydrogen-bond donors (Lipinski definition) is 3. The van der Waals surface area contributed by atoms with Crippen molar-refractivity contribution in [2.45, 2.75) is 12.8 Å². The number of rotatable bonds is 6. The van der Waals surface area contributed by atoms with Crippen molar-refractivity contribution in [3.63, 3.8) is 0 Å². The van der Waals surface area contributed by atoms with Crippen LogP contribution in [0.15, 0.2) is 30.6 Å². The van der Waals surface area contributed by atoms with Crippen molar-refractivity contribution < 1.29 is 4.92 Å². The van der Waals surface area contributed by atoms with Crippen LogP contribution in [0.2, 0.25) is 0 Å². The number of nitrogens with zero attached hydrogens (tertiary/aromatic N) is 2. The van der Waals surface area contributed by atoms with E-state index in [9.17, 15) is 10.1 Å². The minimum Gasteiger partial charge on any atom is -0.397 e. The van der Waals surface area contributed by atoms with Crippen molar-refractivity contribution >= 4 is 17.1 Å². The Morgan fingerprint density at radius 2 is 2.32 bits per heavy atom. The zero-order valence-electron chi connectivity index (χ0n) is 10.3. The smallest absolute Gasteiger partial charge is 0.271 e. The van der Waals surface area contributed by atoms with E-state index in [2.05, 4.69) is 15.3 Å². The monoisotopic (exact) mass is 261 g/mol. The van der Waals surface area contributed by atoms with Crippen LogP contribution in [0.25, 0.3) is 0 Å². The summed E-state index contributed by atoms with van der Waals surface area (Å²) in [7, 11) is 0. The number of hydrogen-bond acceptors (Lipinski definition) is 5. The molecule has 1 aromatic carbocycles. The number of anilines is 2. The number of nitrogens with two attached hydrogens (primary N) is 1. The molecule has 0 atom stereocenters. The third-order valence-corrected chi connectivity index (χ3v) is 2.71. The topological polar surface area (TPSA) is 110 Å². The molecular weight excluding hydrogens is 246 g/mol. The van der Waals surface area contributed by atoms with Crippen molar-refractivity contribution in [3.8, 4) is 0 Å². The second-order valence-electron chi connectivity index (χ2n) is 4.09. The third kappa shape index (κ3) is 3.44. The first kappa shape index (κ1) is 12.9. The molecule has 2 aromatic rings. The molecule has 0 aliphatic rings. The van der Waals surface area contributed by atoms with Crippen LogP contribution in [0.5, 0.6) is 0 Å². The largest absolute Gasteiger partial charge is 0.397 e. The zero-order valence-corrected chi connectivity index (χ0v) is 10.3. The molecular formula is C12H15N5O2. The van der Waals surface area contributed by atoms with Gasteiger partial charge in [-0.2, -0.15) is 0 Å². The molecule has 0 fully saturated rings. The van der Waals surface area contributed by atoms with Crippen LogP contribution in [0.3, 0.4) is 0 Å². The molecule has 0 unspecified atom stereocenters. The molecule has 1 heterocycles. The van der Waals surface area contributed by atoms with E-state index in [1.807, 2.05) is 0 Å². The Kier molecular flexibility index (Phi) is 3.97. The molecule has 100 valence electrons. The quantitative estimate of drug-likeness (QED) is 0.318. The van der Waals surface area contributed by atoms with Crippen LogP contribution >= 0.6 is 0 Å². The van der Waals surface area contributed by atoms with E-state index in [0.29, 0.717) is 11.4 Å². The van der Waals surface area contributed by atoms with Crippen molar-refractivity contribution in [1.82, 2.24) is 9.97 Å². The molecule has 0 bridgehead atoms. The standard InChI is InChI=1S/C12H15N5O2/c13-10-8-9(17(18)19)3-4-11(10)14-5-1-2-12-15-6-7-16-12/h3-4,6-8,14H,1-2,5,13H2,(H,15,16). The number of aromatic amines is 1. The number of aromatic nitrogens is 2. The Bertz CT molecular complexity index is 553. The van der Waals surface area contributed by atoms with Gasteiger partial charge in [-0.25, -0.2) is 4.98 Å². The predicted molar refractivity (Wildman–Crippen MR) is 72.9 cm³/mol. The summed E-state index contributed by atoms with van der Waals surface area (Å²) >= 11 is 0. The Labute approximate surface area is 110 Å². The van der Waals surface area contributed by atoms with Crippen molar-refractivity contribution in [2.75, 3.05) is 17.6 Å². The lowest BCUT2D eigenvalue weighted by atomic mass is 10.2. The fourth-order valence-corrected chi connectivity index (χ4v) is 1.74. The molecule has 7 heteroatoms. The Balaban J connectivity index is 1.84. The van der Waals surface area contributed by atoms with E-state index < -0.39 is 4.92 Å². The first-order valence-corrected chi connectivity index (χ1v) is 5.93. The molecule has 0 saturated heterocycles. The maximum Gasteiger partial charge on any atom is 0.271 e. The molecule has 4 N–H and O–H groups in total. The lowest BCUT2D eigenvalue weighted by molar-refractivity contribution is -0.384. The van der Waals surface area contributed by atoms with E-state index in [-0.39, 0.29) is 5.69 Å². The average Bonchev–Trinajstić information content (AvgIpc) is 2.89. The van der Waals surface area contributed by atoms with Gasteiger partial charge in [-0.3, -0.25) is 10.1 Å². The normalized spacial score (nSPS) is 10.3. The number of nitro benzene ring substituents is 1. The fourth-order valence-electron chi connectivity index (χ4n) is 1.74. The fraction of sp³-hybridized carbons (Fsp3) is 0.250. The van der Waals surface area contributed by atoms with Crippen molar-refractivity contribution in [2.24, 2.45) is 0 Å². The van der Waals surface area contributed by atoms with Gasteiger partial charge in [-0.15, -0.1) is 0 Å². The highest BCUT2D eigenvalue weighted by atomic mass is 16.6. The molecule has 0 aliphatic heterocycles. The average molecular weight is 261 g/mol. The van der Waals surface area contributed by atoms with E-state index >= 15 is 0 Å². The zero-order chi connectivity index (χ0) is 13.7. The number of H-pyrrole nitrogens is 1. The van der Waals surface area contributed by atoms with Crippen LogP contribution in [-0.2, 0) is 6.42 Å². The number of imidazole rings is 1. The number of aryl methyl sites for hydroxylation is 1. The molecule has 19 heavy (non-hydrogen) atoms. The Hall–Kier alpha value is -2.57. The molecule has 7 nitrogen and oxygen atoms in total. The van der Waals surface area contributed by atoms with Crippen LogP contribution in [-0.4, -0.2) is 21.4 Å². The molecule has 1 aromatic heterocycles. The van der Waals surface area contributed by atoms with E-state index in [1.54, 1.807) is 18.5 Å². The number of non-ortho nitro benzene ring substituents is 1. The highest BCUT2D eigenvalue weighted by Crippen LogP contribution is 2.23. The minimum atomic E-state index is -0.461. The molecule has 0 spiro atoms. The lowest BCUT2D eigenvalue weighted by Crippen LogP contribution is -2.06. The maximum atomic E-state index is 10.6. The summed E-state index contributed by atoms with van der Waals surface area (Å²) in [6.07, 6.45) is 5.24. The summed E-state index contributed by atoms with van der Waals surface area (Å²) in [6, 6.07) is 4.42. The highest BCUT2D eigenvalue weighted by Gasteiger charge is 2.08. The van der Waals surface area contributed by atoms with Gasteiger partial charge in [0.1, 0.15) is 5.82 Å².